The Morgan fingerprint density at radius 2 is 1.89 bits per heavy atom. The molecule has 0 atom stereocenters. The molecule has 1 aromatic heterocycles. The summed E-state index contributed by atoms with van der Waals surface area (Å²) >= 11 is 1.32. The van der Waals surface area contributed by atoms with E-state index in [0.717, 1.165) is 4.90 Å². The molecule has 8 heteroatoms. The summed E-state index contributed by atoms with van der Waals surface area (Å²) in [5.41, 5.74) is 0.943. The Balaban J connectivity index is 1.56. The molecular weight excluding hydrogens is 369 g/mol. The monoisotopic (exact) mass is 385 g/mol. The smallest absolute Gasteiger partial charge is 0.255 e. The maximum absolute atomic E-state index is 12.9. The lowest BCUT2D eigenvalue weighted by Crippen LogP contribution is -2.14. The summed E-state index contributed by atoms with van der Waals surface area (Å²) in [6, 6.07) is 14.1. The van der Waals surface area contributed by atoms with Gasteiger partial charge in [-0.05, 0) is 49.4 Å². The first-order valence-electron chi connectivity index (χ1n) is 8.02. The number of halogens is 1. The predicted octanol–water partition coefficient (Wildman–Crippen LogP) is 4.11. The van der Waals surface area contributed by atoms with Crippen molar-refractivity contribution >= 4 is 35.1 Å². The van der Waals surface area contributed by atoms with E-state index in [-0.39, 0.29) is 17.6 Å². The minimum absolute atomic E-state index is 0.182. The van der Waals surface area contributed by atoms with Crippen LogP contribution < -0.4 is 10.6 Å². The number of anilines is 2. The zero-order chi connectivity index (χ0) is 19.2. The zero-order valence-corrected chi connectivity index (χ0v) is 15.2. The largest absolute Gasteiger partial charge is 0.360 e. The minimum Gasteiger partial charge on any atom is -0.360 e. The van der Waals surface area contributed by atoms with Crippen molar-refractivity contribution in [3.8, 4) is 0 Å². The second kappa shape index (κ2) is 8.50. The standard InChI is InChI=1S/C19H16FN3O3S/c1-12-9-17(23-26-12)22-18(24)11-27-16-4-2-3-15(10-16)21-19(25)13-5-7-14(20)8-6-13/h2-10H,11H2,1H3,(H,21,25)(H,22,23,24). The molecule has 3 rings (SSSR count). The highest BCUT2D eigenvalue weighted by Crippen LogP contribution is 2.22. The second-order valence-corrected chi connectivity index (χ2v) is 6.70. The van der Waals surface area contributed by atoms with Crippen LogP contribution in [0.3, 0.4) is 0 Å². The molecule has 0 aliphatic rings. The molecule has 0 saturated heterocycles. The van der Waals surface area contributed by atoms with Crippen LogP contribution >= 0.6 is 11.8 Å². The number of amides is 2. The Morgan fingerprint density at radius 3 is 2.59 bits per heavy atom. The van der Waals surface area contributed by atoms with Gasteiger partial charge in [-0.1, -0.05) is 11.2 Å². The third-order valence-electron chi connectivity index (χ3n) is 3.46. The van der Waals surface area contributed by atoms with E-state index in [1.807, 2.05) is 6.07 Å². The third kappa shape index (κ3) is 5.42. The topological polar surface area (TPSA) is 84.2 Å². The van der Waals surface area contributed by atoms with Gasteiger partial charge in [0.25, 0.3) is 5.91 Å². The van der Waals surface area contributed by atoms with Crippen LogP contribution in [-0.2, 0) is 4.79 Å². The number of nitrogens with one attached hydrogen (secondary N) is 2. The summed E-state index contributed by atoms with van der Waals surface area (Å²) in [4.78, 5) is 25.0. The van der Waals surface area contributed by atoms with Gasteiger partial charge in [-0.15, -0.1) is 11.8 Å². The molecule has 0 fully saturated rings. The fourth-order valence-corrected chi connectivity index (χ4v) is 2.98. The highest BCUT2D eigenvalue weighted by Gasteiger charge is 2.09. The van der Waals surface area contributed by atoms with E-state index in [1.165, 1.54) is 36.0 Å². The van der Waals surface area contributed by atoms with Crippen molar-refractivity contribution in [2.24, 2.45) is 0 Å². The number of aromatic nitrogens is 1. The molecule has 0 spiro atoms. The van der Waals surface area contributed by atoms with Gasteiger partial charge in [0, 0.05) is 22.2 Å². The van der Waals surface area contributed by atoms with Crippen LogP contribution in [0.25, 0.3) is 0 Å². The van der Waals surface area contributed by atoms with Gasteiger partial charge in [0.15, 0.2) is 5.82 Å². The SMILES string of the molecule is Cc1cc(NC(=O)CSc2cccc(NC(=O)c3ccc(F)cc3)c2)no1. The van der Waals surface area contributed by atoms with Crippen LogP contribution in [-0.4, -0.2) is 22.7 Å². The van der Waals surface area contributed by atoms with Crippen molar-refractivity contribution in [1.82, 2.24) is 5.16 Å². The van der Waals surface area contributed by atoms with Crippen LogP contribution in [0, 0.1) is 12.7 Å². The summed E-state index contributed by atoms with van der Waals surface area (Å²) in [7, 11) is 0. The molecule has 0 saturated carbocycles. The van der Waals surface area contributed by atoms with Crippen molar-refractivity contribution in [2.45, 2.75) is 11.8 Å². The molecule has 2 aromatic carbocycles. The van der Waals surface area contributed by atoms with Gasteiger partial charge < -0.3 is 15.2 Å². The number of hydrogen-bond donors (Lipinski definition) is 2. The molecule has 0 aliphatic carbocycles. The molecular formula is C19H16FN3O3S. The van der Waals surface area contributed by atoms with Crippen molar-refractivity contribution in [2.75, 3.05) is 16.4 Å². The van der Waals surface area contributed by atoms with E-state index >= 15 is 0 Å². The molecule has 0 radical (unpaired) electrons. The molecule has 6 nitrogen and oxygen atoms in total. The first-order valence-corrected chi connectivity index (χ1v) is 9.01. The molecule has 0 unspecified atom stereocenters. The van der Waals surface area contributed by atoms with E-state index in [4.69, 9.17) is 4.52 Å². The van der Waals surface area contributed by atoms with Crippen LogP contribution in [0.15, 0.2) is 64.0 Å². The zero-order valence-electron chi connectivity index (χ0n) is 14.4. The highest BCUT2D eigenvalue weighted by atomic mass is 32.2. The Labute approximate surface area is 159 Å². The van der Waals surface area contributed by atoms with E-state index in [0.29, 0.717) is 22.8 Å². The second-order valence-electron chi connectivity index (χ2n) is 5.65. The number of hydrogen-bond acceptors (Lipinski definition) is 5. The summed E-state index contributed by atoms with van der Waals surface area (Å²) < 4.78 is 17.8. The van der Waals surface area contributed by atoms with Crippen molar-refractivity contribution in [3.63, 3.8) is 0 Å². The molecule has 0 bridgehead atoms. The summed E-state index contributed by atoms with van der Waals surface area (Å²) in [5, 5.41) is 9.10. The van der Waals surface area contributed by atoms with Gasteiger partial charge in [0.2, 0.25) is 5.91 Å². The molecule has 1 heterocycles. The number of nitrogens with zero attached hydrogens (tertiary/aromatic N) is 1. The van der Waals surface area contributed by atoms with Crippen LogP contribution in [0.5, 0.6) is 0 Å². The Hall–Kier alpha value is -3.13. The molecule has 138 valence electrons. The fourth-order valence-electron chi connectivity index (χ4n) is 2.22. The number of carbonyl (C=O) groups excluding carboxylic acids is 2. The normalized spacial score (nSPS) is 10.4. The average Bonchev–Trinajstić information content (AvgIpc) is 3.05. The lowest BCUT2D eigenvalue weighted by Gasteiger charge is -2.07. The van der Waals surface area contributed by atoms with E-state index in [2.05, 4.69) is 15.8 Å². The quantitative estimate of drug-likeness (QED) is 0.624. The third-order valence-corrected chi connectivity index (χ3v) is 4.46. The average molecular weight is 385 g/mol. The van der Waals surface area contributed by atoms with E-state index < -0.39 is 5.82 Å². The van der Waals surface area contributed by atoms with Gasteiger partial charge >= 0.3 is 0 Å². The Bertz CT molecular complexity index is 957. The van der Waals surface area contributed by atoms with Crippen LogP contribution in [0.4, 0.5) is 15.9 Å². The van der Waals surface area contributed by atoms with Gasteiger partial charge in [-0.25, -0.2) is 4.39 Å². The summed E-state index contributed by atoms with van der Waals surface area (Å²) in [6.45, 7) is 1.74. The lowest BCUT2D eigenvalue weighted by atomic mass is 10.2. The number of carbonyl (C=O) groups is 2. The maximum atomic E-state index is 12.9. The van der Waals surface area contributed by atoms with Gasteiger partial charge in [0.05, 0.1) is 5.75 Å². The Morgan fingerprint density at radius 1 is 1.11 bits per heavy atom. The first-order chi connectivity index (χ1) is 13.0. The van der Waals surface area contributed by atoms with Gasteiger partial charge in [0.1, 0.15) is 11.6 Å². The first kappa shape index (κ1) is 18.7. The Kier molecular flexibility index (Phi) is 5.87. The van der Waals surface area contributed by atoms with Crippen molar-refractivity contribution < 1.29 is 18.5 Å². The number of rotatable bonds is 6. The molecule has 27 heavy (non-hydrogen) atoms. The molecule has 0 aliphatic heterocycles. The number of aryl methyl sites for hydroxylation is 1. The van der Waals surface area contributed by atoms with Crippen molar-refractivity contribution in [1.29, 1.82) is 0 Å². The number of benzene rings is 2. The highest BCUT2D eigenvalue weighted by molar-refractivity contribution is 8.00. The summed E-state index contributed by atoms with van der Waals surface area (Å²) in [6.07, 6.45) is 0. The van der Waals surface area contributed by atoms with Gasteiger partial charge in [-0.3, -0.25) is 9.59 Å². The van der Waals surface area contributed by atoms with E-state index in [9.17, 15) is 14.0 Å². The molecule has 2 N–H and O–H groups in total. The summed E-state index contributed by atoms with van der Waals surface area (Å²) in [5.74, 6) is 0.219. The number of thioether (sulfide) groups is 1. The maximum Gasteiger partial charge on any atom is 0.255 e. The van der Waals surface area contributed by atoms with E-state index in [1.54, 1.807) is 31.2 Å². The minimum atomic E-state index is -0.399. The van der Waals surface area contributed by atoms with Crippen LogP contribution in [0.2, 0.25) is 0 Å². The molecule has 3 aromatic rings. The van der Waals surface area contributed by atoms with Gasteiger partial charge in [-0.2, -0.15) is 0 Å². The fraction of sp³-hybridized carbons (Fsp3) is 0.105. The predicted molar refractivity (Wildman–Crippen MR) is 101 cm³/mol. The van der Waals surface area contributed by atoms with Crippen molar-refractivity contribution in [3.05, 3.63) is 71.7 Å². The lowest BCUT2D eigenvalue weighted by molar-refractivity contribution is -0.113. The molecule has 2 amide bonds. The van der Waals surface area contributed by atoms with Crippen LogP contribution in [0.1, 0.15) is 16.1 Å².